The summed E-state index contributed by atoms with van der Waals surface area (Å²) in [6.07, 6.45) is 10.8. The fourth-order valence-electron chi connectivity index (χ4n) is 5.88. The summed E-state index contributed by atoms with van der Waals surface area (Å²) in [4.78, 5) is 34.4. The maximum atomic E-state index is 12.3. The summed E-state index contributed by atoms with van der Waals surface area (Å²) in [7, 11) is 0. The highest BCUT2D eigenvalue weighted by molar-refractivity contribution is 5.95. The molecule has 0 bridgehead atoms. The normalized spacial score (nSPS) is 19.9. The number of ether oxygens (including phenoxy) is 2. The number of aromatic carboxylic acids is 1. The first-order valence-electron chi connectivity index (χ1n) is 14.0. The predicted octanol–water partition coefficient (Wildman–Crippen LogP) is 5.23. The van der Waals surface area contributed by atoms with Gasteiger partial charge in [-0.05, 0) is 95.8 Å². The van der Waals surface area contributed by atoms with Gasteiger partial charge < -0.3 is 24.8 Å². The van der Waals surface area contributed by atoms with E-state index in [-0.39, 0.29) is 35.8 Å². The van der Waals surface area contributed by atoms with Gasteiger partial charge in [0.2, 0.25) is 11.7 Å². The van der Waals surface area contributed by atoms with Gasteiger partial charge in [0.05, 0.1) is 6.61 Å². The lowest BCUT2D eigenvalue weighted by Gasteiger charge is -2.47. The van der Waals surface area contributed by atoms with Gasteiger partial charge in [0.15, 0.2) is 5.56 Å². The molecule has 0 unspecified atom stereocenters. The number of nitriles is 1. The van der Waals surface area contributed by atoms with E-state index in [9.17, 15) is 20.0 Å². The molecular formula is C28H41N5O5. The Morgan fingerprint density at radius 1 is 1.11 bits per heavy atom. The predicted molar refractivity (Wildman–Crippen MR) is 141 cm³/mol. The average molecular weight is 528 g/mol. The van der Waals surface area contributed by atoms with Crippen molar-refractivity contribution in [2.75, 3.05) is 31.6 Å². The molecule has 1 aromatic heterocycles. The van der Waals surface area contributed by atoms with Crippen LogP contribution in [0.3, 0.4) is 0 Å². The van der Waals surface area contributed by atoms with Crippen molar-refractivity contribution in [2.24, 2.45) is 17.3 Å². The number of aromatic nitrogens is 2. The standard InChI is InChI=1S/C28H41N5O5/c1-27(2,3)38-26(36)33-14-7-19(8-15-33)9-16-37-24-22(25(34)35)23(31-21(17-29)32-24)30-18-20-5-12-28(13-6-20)10-4-11-28/h19-20H,4-16,18H2,1-3H3,(H,34,35)(H,30,31,32). The Kier molecular flexibility index (Phi) is 8.64. The largest absolute Gasteiger partial charge is 0.477 e. The Hall–Kier alpha value is -3.09. The molecule has 0 aromatic carbocycles. The van der Waals surface area contributed by atoms with Crippen LogP contribution >= 0.6 is 0 Å². The van der Waals surface area contributed by atoms with Crippen molar-refractivity contribution in [3.05, 3.63) is 11.4 Å². The van der Waals surface area contributed by atoms with E-state index in [4.69, 9.17) is 9.47 Å². The first-order valence-corrected chi connectivity index (χ1v) is 14.0. The highest BCUT2D eigenvalue weighted by Gasteiger charge is 2.40. The molecule has 1 saturated heterocycles. The number of carboxylic acids is 1. The van der Waals surface area contributed by atoms with E-state index in [2.05, 4.69) is 15.3 Å². The maximum Gasteiger partial charge on any atom is 0.410 e. The van der Waals surface area contributed by atoms with E-state index in [1.807, 2.05) is 26.8 Å². The molecule has 1 spiro atoms. The molecule has 2 aliphatic carbocycles. The monoisotopic (exact) mass is 527 g/mol. The number of carbonyl (C=O) groups is 2. The van der Waals surface area contributed by atoms with Crippen molar-refractivity contribution in [1.29, 1.82) is 5.26 Å². The molecule has 3 aliphatic rings. The number of rotatable bonds is 8. The zero-order valence-electron chi connectivity index (χ0n) is 22.9. The van der Waals surface area contributed by atoms with Crippen molar-refractivity contribution in [2.45, 2.75) is 90.6 Å². The van der Waals surface area contributed by atoms with E-state index in [0.717, 1.165) is 25.7 Å². The van der Waals surface area contributed by atoms with Crippen molar-refractivity contribution in [1.82, 2.24) is 14.9 Å². The fraction of sp³-hybridized carbons (Fsp3) is 0.750. The van der Waals surface area contributed by atoms with E-state index < -0.39 is 11.6 Å². The third-order valence-corrected chi connectivity index (χ3v) is 8.36. The van der Waals surface area contributed by atoms with Crippen LogP contribution in [-0.2, 0) is 4.74 Å². The number of amides is 1. The molecule has 2 saturated carbocycles. The summed E-state index contributed by atoms with van der Waals surface area (Å²) >= 11 is 0. The molecule has 208 valence electrons. The van der Waals surface area contributed by atoms with Crippen LogP contribution in [0.15, 0.2) is 0 Å². The van der Waals surface area contributed by atoms with E-state index in [1.54, 1.807) is 4.90 Å². The summed E-state index contributed by atoms with van der Waals surface area (Å²) in [5.41, 5.74) is -0.0826. The molecule has 1 amide bonds. The Balaban J connectivity index is 1.31. The zero-order valence-corrected chi connectivity index (χ0v) is 22.9. The lowest BCUT2D eigenvalue weighted by molar-refractivity contribution is 0.0177. The van der Waals surface area contributed by atoms with Gasteiger partial charge in [0, 0.05) is 19.6 Å². The number of anilines is 1. The minimum absolute atomic E-state index is 0.0743. The third kappa shape index (κ3) is 7.06. The van der Waals surface area contributed by atoms with Gasteiger partial charge in [0.25, 0.3) is 0 Å². The van der Waals surface area contributed by atoms with Crippen LogP contribution in [0.2, 0.25) is 0 Å². The highest BCUT2D eigenvalue weighted by Crippen LogP contribution is 2.52. The Labute approximate surface area is 225 Å². The molecule has 1 aromatic rings. The Morgan fingerprint density at radius 2 is 1.79 bits per heavy atom. The number of piperidine rings is 1. The lowest BCUT2D eigenvalue weighted by atomic mass is 9.59. The fourth-order valence-corrected chi connectivity index (χ4v) is 5.88. The van der Waals surface area contributed by atoms with Crippen LogP contribution in [0, 0.1) is 28.6 Å². The van der Waals surface area contributed by atoms with Crippen LogP contribution in [0.4, 0.5) is 10.6 Å². The molecule has 3 fully saturated rings. The van der Waals surface area contributed by atoms with Crippen molar-refractivity contribution < 1.29 is 24.2 Å². The van der Waals surface area contributed by atoms with Gasteiger partial charge in [-0.25, -0.2) is 14.6 Å². The third-order valence-electron chi connectivity index (χ3n) is 8.36. The zero-order chi connectivity index (χ0) is 27.3. The average Bonchev–Trinajstić information content (AvgIpc) is 2.85. The van der Waals surface area contributed by atoms with Crippen LogP contribution in [0.5, 0.6) is 5.88 Å². The summed E-state index contributed by atoms with van der Waals surface area (Å²) in [6, 6.07) is 1.92. The topological polar surface area (TPSA) is 138 Å². The van der Waals surface area contributed by atoms with E-state index in [1.165, 1.54) is 32.1 Å². The minimum Gasteiger partial charge on any atom is -0.477 e. The maximum absolute atomic E-state index is 12.3. The number of nitrogens with one attached hydrogen (secondary N) is 1. The van der Waals surface area contributed by atoms with Gasteiger partial charge in [-0.2, -0.15) is 10.2 Å². The number of likely N-dealkylation sites (tertiary alicyclic amines) is 1. The van der Waals surface area contributed by atoms with Crippen LogP contribution < -0.4 is 10.1 Å². The molecule has 1 aliphatic heterocycles. The smallest absolute Gasteiger partial charge is 0.410 e. The summed E-state index contributed by atoms with van der Waals surface area (Å²) in [5, 5.41) is 22.6. The quantitative estimate of drug-likeness (QED) is 0.465. The van der Waals surface area contributed by atoms with Crippen LogP contribution in [0.1, 0.15) is 101 Å². The second kappa shape index (κ2) is 11.7. The molecular weight excluding hydrogens is 486 g/mol. The lowest BCUT2D eigenvalue weighted by Crippen LogP contribution is -2.41. The molecule has 10 nitrogen and oxygen atoms in total. The van der Waals surface area contributed by atoms with Crippen molar-refractivity contribution in [3.8, 4) is 11.9 Å². The SMILES string of the molecule is CC(C)(C)OC(=O)N1CCC(CCOc2nc(C#N)nc(NCC3CCC4(CCC4)CC3)c2C(=O)O)CC1. The van der Waals surface area contributed by atoms with E-state index in [0.29, 0.717) is 43.3 Å². The molecule has 0 atom stereocenters. The second-order valence-electron chi connectivity index (χ2n) is 12.2. The number of carbonyl (C=O) groups excluding carboxylic acids is 1. The second-order valence-corrected chi connectivity index (χ2v) is 12.2. The van der Waals surface area contributed by atoms with Gasteiger partial charge >= 0.3 is 12.1 Å². The minimum atomic E-state index is -1.19. The van der Waals surface area contributed by atoms with Crippen molar-refractivity contribution in [3.63, 3.8) is 0 Å². The number of nitrogens with zero attached hydrogens (tertiary/aromatic N) is 4. The Morgan fingerprint density at radius 3 is 2.34 bits per heavy atom. The van der Waals surface area contributed by atoms with Crippen LogP contribution in [0.25, 0.3) is 0 Å². The number of hydrogen-bond acceptors (Lipinski definition) is 8. The summed E-state index contributed by atoms with van der Waals surface area (Å²) in [6.45, 7) is 7.67. The highest BCUT2D eigenvalue weighted by atomic mass is 16.6. The molecule has 2 N–H and O–H groups in total. The summed E-state index contributed by atoms with van der Waals surface area (Å²) < 4.78 is 11.3. The van der Waals surface area contributed by atoms with Crippen molar-refractivity contribution >= 4 is 17.9 Å². The van der Waals surface area contributed by atoms with Gasteiger partial charge in [-0.15, -0.1) is 0 Å². The molecule has 4 rings (SSSR count). The first-order chi connectivity index (χ1) is 18.1. The number of hydrogen-bond donors (Lipinski definition) is 2. The van der Waals surface area contributed by atoms with Crippen LogP contribution in [-0.4, -0.2) is 63.9 Å². The first kappa shape index (κ1) is 27.9. The molecule has 2 heterocycles. The van der Waals surface area contributed by atoms with E-state index >= 15 is 0 Å². The Bertz CT molecular complexity index is 1040. The van der Waals surface area contributed by atoms with Gasteiger partial charge in [0.1, 0.15) is 17.5 Å². The van der Waals surface area contributed by atoms with Gasteiger partial charge in [-0.3, -0.25) is 0 Å². The molecule has 38 heavy (non-hydrogen) atoms. The number of carboxylic acid groups (broad SMARTS) is 1. The molecule has 0 radical (unpaired) electrons. The molecule has 10 heteroatoms. The summed E-state index contributed by atoms with van der Waals surface area (Å²) in [5.74, 6) is -0.435. The van der Waals surface area contributed by atoms with Gasteiger partial charge in [-0.1, -0.05) is 6.42 Å².